The van der Waals surface area contributed by atoms with E-state index in [4.69, 9.17) is 4.52 Å². The molecule has 1 aromatic heterocycles. The molecule has 1 amide bonds. The van der Waals surface area contributed by atoms with Crippen LogP contribution in [0.2, 0.25) is 0 Å². The van der Waals surface area contributed by atoms with Gasteiger partial charge in [-0.2, -0.15) is 0 Å². The van der Waals surface area contributed by atoms with E-state index in [0.717, 1.165) is 6.26 Å². The SMILES string of the molecule is CS(=O)(=O)c1ccccc1-c1ccc(C(=O)N2CCC(NS(=O)(=O)c3ccc4oncc4c3)C2)cc1. The number of amides is 1. The number of aromatic nitrogens is 1. The van der Waals surface area contributed by atoms with E-state index in [-0.39, 0.29) is 22.2 Å². The first kappa shape index (κ1) is 24.2. The van der Waals surface area contributed by atoms with Gasteiger partial charge in [0, 0.05) is 41.9 Å². The minimum atomic E-state index is -3.79. The molecular formula is C25H23N3O6S2. The van der Waals surface area contributed by atoms with Crippen LogP contribution in [0.1, 0.15) is 16.8 Å². The van der Waals surface area contributed by atoms with E-state index in [9.17, 15) is 21.6 Å². The average molecular weight is 526 g/mol. The molecule has 1 saturated heterocycles. The molecule has 0 radical (unpaired) electrons. The second-order valence-electron chi connectivity index (χ2n) is 8.73. The molecule has 186 valence electrons. The Labute approximate surface area is 208 Å². The van der Waals surface area contributed by atoms with Crippen LogP contribution in [0.25, 0.3) is 22.1 Å². The number of likely N-dealkylation sites (tertiary alicyclic amines) is 1. The van der Waals surface area contributed by atoms with Crippen LogP contribution in [0.5, 0.6) is 0 Å². The number of hydrogen-bond acceptors (Lipinski definition) is 7. The van der Waals surface area contributed by atoms with Crippen molar-refractivity contribution < 1.29 is 26.2 Å². The third kappa shape index (κ3) is 4.77. The number of carbonyl (C=O) groups excluding carboxylic acids is 1. The molecule has 0 saturated carbocycles. The number of rotatable bonds is 6. The lowest BCUT2D eigenvalue weighted by molar-refractivity contribution is 0.0790. The van der Waals surface area contributed by atoms with Crippen molar-refractivity contribution in [2.45, 2.75) is 22.3 Å². The van der Waals surface area contributed by atoms with Crippen molar-refractivity contribution in [1.82, 2.24) is 14.8 Å². The standard InChI is InChI=1S/C25H23N3O6S2/c1-35(30,31)24-5-3-2-4-22(24)17-6-8-18(9-7-17)25(29)28-13-12-20(16-28)27-36(32,33)21-10-11-23-19(14-21)15-26-34-23/h2-11,14-15,20,27H,12-13,16H2,1H3. The highest BCUT2D eigenvalue weighted by atomic mass is 32.2. The molecule has 36 heavy (non-hydrogen) atoms. The van der Waals surface area contributed by atoms with Crippen molar-refractivity contribution in [3.05, 3.63) is 78.5 Å². The van der Waals surface area contributed by atoms with E-state index in [1.165, 1.54) is 18.3 Å². The third-order valence-corrected chi connectivity index (χ3v) is 8.83. The number of hydrogen-bond donors (Lipinski definition) is 1. The summed E-state index contributed by atoms with van der Waals surface area (Å²) in [6.07, 6.45) is 3.10. The molecule has 0 bridgehead atoms. The van der Waals surface area contributed by atoms with Gasteiger partial charge in [0.15, 0.2) is 15.4 Å². The Kier molecular flexibility index (Phi) is 6.15. The maximum absolute atomic E-state index is 13.1. The van der Waals surface area contributed by atoms with Crippen LogP contribution >= 0.6 is 0 Å². The summed E-state index contributed by atoms with van der Waals surface area (Å²) < 4.78 is 57.7. The first-order valence-electron chi connectivity index (χ1n) is 11.2. The molecule has 5 rings (SSSR count). The lowest BCUT2D eigenvalue weighted by Crippen LogP contribution is -2.38. The molecule has 11 heteroatoms. The summed E-state index contributed by atoms with van der Waals surface area (Å²) in [6, 6.07) is 17.5. The number of fused-ring (bicyclic) bond motifs is 1. The second kappa shape index (κ2) is 9.16. The zero-order chi connectivity index (χ0) is 25.5. The van der Waals surface area contributed by atoms with Crippen molar-refractivity contribution in [3.63, 3.8) is 0 Å². The Hall–Kier alpha value is -3.54. The fourth-order valence-corrected chi connectivity index (χ4v) is 6.56. The largest absolute Gasteiger partial charge is 0.356 e. The van der Waals surface area contributed by atoms with Crippen LogP contribution in [0.15, 0.2) is 87.2 Å². The number of nitrogens with zero attached hydrogens (tertiary/aromatic N) is 2. The zero-order valence-corrected chi connectivity index (χ0v) is 20.9. The summed E-state index contributed by atoms with van der Waals surface area (Å²) in [4.78, 5) is 15.0. The summed E-state index contributed by atoms with van der Waals surface area (Å²) >= 11 is 0. The van der Waals surface area contributed by atoms with Gasteiger partial charge in [-0.25, -0.2) is 21.6 Å². The van der Waals surface area contributed by atoms with Gasteiger partial charge in [-0.1, -0.05) is 35.5 Å². The average Bonchev–Trinajstić information content (AvgIpc) is 3.52. The Morgan fingerprint density at radius 2 is 1.78 bits per heavy atom. The van der Waals surface area contributed by atoms with Crippen molar-refractivity contribution >= 4 is 36.7 Å². The topological polar surface area (TPSA) is 127 Å². The third-order valence-electron chi connectivity index (χ3n) is 6.16. The molecule has 1 aliphatic rings. The van der Waals surface area contributed by atoms with Crippen molar-refractivity contribution in [2.75, 3.05) is 19.3 Å². The predicted molar refractivity (Wildman–Crippen MR) is 134 cm³/mol. The van der Waals surface area contributed by atoms with Crippen LogP contribution in [0.3, 0.4) is 0 Å². The number of carbonyl (C=O) groups is 1. The minimum absolute atomic E-state index is 0.105. The van der Waals surface area contributed by atoms with Gasteiger partial charge in [-0.05, 0) is 48.4 Å². The maximum Gasteiger partial charge on any atom is 0.253 e. The highest BCUT2D eigenvalue weighted by Gasteiger charge is 2.30. The van der Waals surface area contributed by atoms with E-state index in [1.807, 2.05) is 0 Å². The van der Waals surface area contributed by atoms with Crippen molar-refractivity contribution in [1.29, 1.82) is 0 Å². The highest BCUT2D eigenvalue weighted by molar-refractivity contribution is 7.91. The molecular weight excluding hydrogens is 502 g/mol. The molecule has 0 spiro atoms. The predicted octanol–water partition coefficient (Wildman–Crippen LogP) is 3.09. The summed E-state index contributed by atoms with van der Waals surface area (Å²) in [5.41, 5.74) is 2.19. The molecule has 1 aliphatic heterocycles. The fraction of sp³-hybridized carbons (Fsp3) is 0.200. The quantitative estimate of drug-likeness (QED) is 0.410. The lowest BCUT2D eigenvalue weighted by Gasteiger charge is -2.18. The maximum atomic E-state index is 13.1. The van der Waals surface area contributed by atoms with Gasteiger partial charge in [0.2, 0.25) is 10.0 Å². The van der Waals surface area contributed by atoms with Crippen molar-refractivity contribution in [2.24, 2.45) is 0 Å². The van der Waals surface area contributed by atoms with Gasteiger partial charge in [0.05, 0.1) is 16.0 Å². The summed E-state index contributed by atoms with van der Waals surface area (Å²) in [6.45, 7) is 0.654. The number of sulfonamides is 1. The first-order chi connectivity index (χ1) is 17.1. The molecule has 1 fully saturated rings. The van der Waals surface area contributed by atoms with E-state index >= 15 is 0 Å². The molecule has 3 aromatic carbocycles. The number of nitrogens with one attached hydrogen (secondary N) is 1. The molecule has 9 nitrogen and oxygen atoms in total. The van der Waals surface area contributed by atoms with E-state index in [0.29, 0.717) is 40.6 Å². The van der Waals surface area contributed by atoms with Gasteiger partial charge in [0.25, 0.3) is 5.91 Å². The molecule has 1 unspecified atom stereocenters. The molecule has 2 heterocycles. The Balaban J connectivity index is 1.28. The second-order valence-corrected chi connectivity index (χ2v) is 12.4. The van der Waals surface area contributed by atoms with Crippen LogP contribution < -0.4 is 4.72 Å². The Morgan fingerprint density at radius 3 is 2.53 bits per heavy atom. The minimum Gasteiger partial charge on any atom is -0.356 e. The summed E-state index contributed by atoms with van der Waals surface area (Å²) in [7, 11) is -7.20. The number of sulfone groups is 1. The van der Waals surface area contributed by atoms with E-state index < -0.39 is 25.9 Å². The monoisotopic (exact) mass is 525 g/mol. The molecule has 1 N–H and O–H groups in total. The summed E-state index contributed by atoms with van der Waals surface area (Å²) in [5.74, 6) is -0.217. The highest BCUT2D eigenvalue weighted by Crippen LogP contribution is 2.28. The van der Waals surface area contributed by atoms with Gasteiger partial charge in [-0.3, -0.25) is 4.79 Å². The van der Waals surface area contributed by atoms with Gasteiger partial charge in [-0.15, -0.1) is 0 Å². The molecule has 0 aliphatic carbocycles. The Bertz CT molecular complexity index is 1660. The molecule has 4 aromatic rings. The van der Waals surface area contributed by atoms with Crippen molar-refractivity contribution in [3.8, 4) is 11.1 Å². The first-order valence-corrected chi connectivity index (χ1v) is 14.5. The Morgan fingerprint density at radius 1 is 1.03 bits per heavy atom. The summed E-state index contributed by atoms with van der Waals surface area (Å²) in [5, 5.41) is 4.25. The van der Waals surface area contributed by atoms with Crippen LogP contribution in [-0.4, -0.2) is 58.2 Å². The van der Waals surface area contributed by atoms with E-state index in [2.05, 4.69) is 9.88 Å². The van der Waals surface area contributed by atoms with Crippen LogP contribution in [-0.2, 0) is 19.9 Å². The normalized spacial score (nSPS) is 16.5. The lowest BCUT2D eigenvalue weighted by atomic mass is 10.0. The van der Waals surface area contributed by atoms with Gasteiger partial charge < -0.3 is 9.42 Å². The smallest absolute Gasteiger partial charge is 0.253 e. The van der Waals surface area contributed by atoms with Gasteiger partial charge in [0.1, 0.15) is 0 Å². The fourth-order valence-electron chi connectivity index (χ4n) is 4.35. The van der Waals surface area contributed by atoms with E-state index in [1.54, 1.807) is 59.5 Å². The van der Waals surface area contributed by atoms with Crippen LogP contribution in [0, 0.1) is 0 Å². The zero-order valence-electron chi connectivity index (χ0n) is 19.3. The number of benzene rings is 3. The van der Waals surface area contributed by atoms with Gasteiger partial charge >= 0.3 is 0 Å². The van der Waals surface area contributed by atoms with Crippen LogP contribution in [0.4, 0.5) is 0 Å². The molecule has 1 atom stereocenters.